The summed E-state index contributed by atoms with van der Waals surface area (Å²) in [6, 6.07) is 34.7. The maximum atomic E-state index is 12.4. The van der Waals surface area contributed by atoms with Gasteiger partial charge in [0.05, 0.1) is 19.0 Å². The van der Waals surface area contributed by atoms with Crippen LogP contribution >= 0.6 is 0 Å². The van der Waals surface area contributed by atoms with Gasteiger partial charge < -0.3 is 14.2 Å². The molecule has 1 amide bonds. The lowest BCUT2D eigenvalue weighted by molar-refractivity contribution is -0.123. The van der Waals surface area contributed by atoms with E-state index in [1.54, 1.807) is 30.1 Å². The van der Waals surface area contributed by atoms with Crippen LogP contribution < -0.4 is 19.6 Å². The molecule has 1 aromatic heterocycles. The Labute approximate surface area is 232 Å². The van der Waals surface area contributed by atoms with E-state index in [1.165, 1.54) is 0 Å². The minimum atomic E-state index is -0.404. The number of benzene rings is 4. The third-order valence-corrected chi connectivity index (χ3v) is 5.96. The van der Waals surface area contributed by atoms with Gasteiger partial charge in [0.2, 0.25) is 0 Å². The van der Waals surface area contributed by atoms with Crippen LogP contribution in [0.4, 0.5) is 0 Å². The van der Waals surface area contributed by atoms with Gasteiger partial charge in [-0.3, -0.25) is 4.79 Å². The summed E-state index contributed by atoms with van der Waals surface area (Å²) in [6.45, 7) is 0.277. The van der Waals surface area contributed by atoms with Crippen LogP contribution in [-0.2, 0) is 11.4 Å². The van der Waals surface area contributed by atoms with Crippen molar-refractivity contribution in [2.45, 2.75) is 6.61 Å². The maximum Gasteiger partial charge on any atom is 0.277 e. The molecule has 0 atom stereocenters. The molecule has 0 saturated carbocycles. The van der Waals surface area contributed by atoms with Gasteiger partial charge in [0.25, 0.3) is 5.91 Å². The molecule has 0 aliphatic carbocycles. The molecule has 40 heavy (non-hydrogen) atoms. The number of ether oxygens (including phenoxy) is 3. The van der Waals surface area contributed by atoms with Gasteiger partial charge >= 0.3 is 0 Å². The van der Waals surface area contributed by atoms with E-state index in [4.69, 9.17) is 19.3 Å². The summed E-state index contributed by atoms with van der Waals surface area (Å²) in [5.74, 6) is 1.38. The first-order valence-corrected chi connectivity index (χ1v) is 12.7. The smallest absolute Gasteiger partial charge is 0.277 e. The van der Waals surface area contributed by atoms with E-state index < -0.39 is 5.91 Å². The number of methoxy groups -OCH3 is 1. The Kier molecular flexibility index (Phi) is 8.48. The zero-order valence-corrected chi connectivity index (χ0v) is 21.9. The van der Waals surface area contributed by atoms with Crippen LogP contribution in [0.2, 0.25) is 0 Å². The normalized spacial score (nSPS) is 10.8. The largest absolute Gasteiger partial charge is 0.493 e. The first-order valence-electron chi connectivity index (χ1n) is 12.7. The predicted molar refractivity (Wildman–Crippen MR) is 154 cm³/mol. The molecule has 0 aliphatic heterocycles. The van der Waals surface area contributed by atoms with Crippen LogP contribution in [0.5, 0.6) is 17.2 Å². The number of hydrazone groups is 1. The highest BCUT2D eigenvalue weighted by Crippen LogP contribution is 2.26. The van der Waals surface area contributed by atoms with Crippen molar-refractivity contribution in [3.05, 3.63) is 127 Å². The summed E-state index contributed by atoms with van der Waals surface area (Å²) in [6.07, 6.45) is 3.44. The molecule has 8 heteroatoms. The Balaban J connectivity index is 1.29. The number of nitrogens with zero attached hydrogens (tertiary/aromatic N) is 3. The van der Waals surface area contributed by atoms with Gasteiger partial charge in [-0.05, 0) is 54.1 Å². The molecule has 0 spiro atoms. The summed E-state index contributed by atoms with van der Waals surface area (Å²) in [7, 11) is 1.55. The molecule has 0 radical (unpaired) electrons. The number of rotatable bonds is 11. The first kappa shape index (κ1) is 26.2. The summed E-state index contributed by atoms with van der Waals surface area (Å²) in [4.78, 5) is 12.4. The summed E-state index contributed by atoms with van der Waals surface area (Å²) < 4.78 is 18.5. The molecule has 1 heterocycles. The minimum absolute atomic E-state index is 0.210. The van der Waals surface area contributed by atoms with Crippen molar-refractivity contribution in [1.82, 2.24) is 15.2 Å². The summed E-state index contributed by atoms with van der Waals surface area (Å²) >= 11 is 0. The van der Waals surface area contributed by atoms with Crippen molar-refractivity contribution in [3.63, 3.8) is 0 Å². The molecule has 0 unspecified atom stereocenters. The number of carbonyl (C=O) groups excluding carboxylic acids is 1. The standard InChI is InChI=1S/C32H28N4O4/c1-38-29-14-8-9-15-30(29)40-23-31(37)34-33-20-26-21-36(27-12-6-3-7-13-27)35-32(26)25-16-18-28(19-17-25)39-22-24-10-4-2-5-11-24/h2-21H,22-23H2,1H3,(H,34,37). The average Bonchev–Trinajstić information content (AvgIpc) is 3.44. The number of hydrogen-bond acceptors (Lipinski definition) is 6. The zero-order valence-electron chi connectivity index (χ0n) is 21.9. The van der Waals surface area contributed by atoms with Crippen molar-refractivity contribution in [2.24, 2.45) is 5.10 Å². The first-order chi connectivity index (χ1) is 19.7. The third kappa shape index (κ3) is 6.73. The van der Waals surface area contributed by atoms with Crippen molar-refractivity contribution < 1.29 is 19.0 Å². The minimum Gasteiger partial charge on any atom is -0.493 e. The number of carbonyl (C=O) groups is 1. The van der Waals surface area contributed by atoms with Crippen molar-refractivity contribution >= 4 is 12.1 Å². The molecule has 200 valence electrons. The van der Waals surface area contributed by atoms with Crippen LogP contribution in [0.15, 0.2) is 120 Å². The molecule has 0 bridgehead atoms. The monoisotopic (exact) mass is 532 g/mol. The van der Waals surface area contributed by atoms with Gasteiger partial charge in [-0.25, -0.2) is 10.1 Å². The lowest BCUT2D eigenvalue weighted by atomic mass is 10.1. The van der Waals surface area contributed by atoms with Gasteiger partial charge in [-0.1, -0.05) is 60.7 Å². The molecule has 4 aromatic carbocycles. The van der Waals surface area contributed by atoms with E-state index in [2.05, 4.69) is 10.5 Å². The number of nitrogens with one attached hydrogen (secondary N) is 1. The molecule has 1 N–H and O–H groups in total. The number of para-hydroxylation sites is 3. The second-order valence-electron chi connectivity index (χ2n) is 8.74. The maximum absolute atomic E-state index is 12.4. The van der Waals surface area contributed by atoms with Gasteiger partial charge in [-0.2, -0.15) is 10.2 Å². The van der Waals surface area contributed by atoms with Gasteiger partial charge in [0.1, 0.15) is 18.1 Å². The van der Waals surface area contributed by atoms with E-state index in [0.717, 1.165) is 28.1 Å². The van der Waals surface area contributed by atoms with Gasteiger partial charge in [0, 0.05) is 17.3 Å². The van der Waals surface area contributed by atoms with Gasteiger partial charge in [-0.15, -0.1) is 0 Å². The Bertz CT molecular complexity index is 1570. The molecule has 0 saturated heterocycles. The lowest BCUT2D eigenvalue weighted by Gasteiger charge is -2.09. The lowest BCUT2D eigenvalue weighted by Crippen LogP contribution is -2.24. The van der Waals surface area contributed by atoms with E-state index in [1.807, 2.05) is 103 Å². The quantitative estimate of drug-likeness (QED) is 0.175. The highest BCUT2D eigenvalue weighted by molar-refractivity contribution is 5.89. The van der Waals surface area contributed by atoms with Gasteiger partial charge in [0.15, 0.2) is 18.1 Å². The SMILES string of the molecule is COc1ccccc1OCC(=O)NN=Cc1cn(-c2ccccc2)nc1-c1ccc(OCc2ccccc2)cc1. The fraction of sp³-hybridized carbons (Fsp3) is 0.0938. The third-order valence-electron chi connectivity index (χ3n) is 5.96. The van der Waals surface area contributed by atoms with E-state index in [9.17, 15) is 4.79 Å². The molecular formula is C32H28N4O4. The second kappa shape index (κ2) is 12.9. The Morgan fingerprint density at radius 3 is 2.25 bits per heavy atom. The Hall–Kier alpha value is -5.37. The molecule has 5 rings (SSSR count). The molecule has 8 nitrogen and oxygen atoms in total. The zero-order chi connectivity index (χ0) is 27.6. The van der Waals surface area contributed by atoms with Crippen LogP contribution in [0, 0.1) is 0 Å². The fourth-order valence-corrected chi connectivity index (χ4v) is 3.96. The molecule has 5 aromatic rings. The Morgan fingerprint density at radius 1 is 0.850 bits per heavy atom. The predicted octanol–water partition coefficient (Wildman–Crippen LogP) is 5.66. The van der Waals surface area contributed by atoms with Crippen LogP contribution in [0.3, 0.4) is 0 Å². The van der Waals surface area contributed by atoms with E-state index in [0.29, 0.717) is 23.8 Å². The van der Waals surface area contributed by atoms with Crippen LogP contribution in [-0.4, -0.2) is 35.6 Å². The highest BCUT2D eigenvalue weighted by atomic mass is 16.5. The van der Waals surface area contributed by atoms with E-state index in [-0.39, 0.29) is 6.61 Å². The van der Waals surface area contributed by atoms with Crippen LogP contribution in [0.1, 0.15) is 11.1 Å². The highest BCUT2D eigenvalue weighted by Gasteiger charge is 2.12. The molecular weight excluding hydrogens is 504 g/mol. The number of aromatic nitrogens is 2. The van der Waals surface area contributed by atoms with Crippen molar-refractivity contribution in [1.29, 1.82) is 0 Å². The van der Waals surface area contributed by atoms with E-state index >= 15 is 0 Å². The average molecular weight is 533 g/mol. The number of hydrogen-bond donors (Lipinski definition) is 1. The van der Waals surface area contributed by atoms with Crippen molar-refractivity contribution in [3.8, 4) is 34.2 Å². The molecule has 0 fully saturated rings. The second-order valence-corrected chi connectivity index (χ2v) is 8.74. The Morgan fingerprint density at radius 2 is 1.52 bits per heavy atom. The van der Waals surface area contributed by atoms with Crippen molar-refractivity contribution in [2.75, 3.05) is 13.7 Å². The number of amides is 1. The summed E-state index contributed by atoms with van der Waals surface area (Å²) in [5.41, 5.74) is 6.84. The van der Waals surface area contributed by atoms with Crippen LogP contribution in [0.25, 0.3) is 16.9 Å². The topological polar surface area (TPSA) is 87.0 Å². The molecule has 0 aliphatic rings. The fourth-order valence-electron chi connectivity index (χ4n) is 3.96. The summed E-state index contributed by atoms with van der Waals surface area (Å²) in [5, 5.41) is 8.96.